The van der Waals surface area contributed by atoms with Crippen LogP contribution < -0.4 is 10.6 Å². The zero-order valence-electron chi connectivity index (χ0n) is 12.6. The summed E-state index contributed by atoms with van der Waals surface area (Å²) in [5, 5.41) is 7.16. The van der Waals surface area contributed by atoms with Crippen molar-refractivity contribution in [3.8, 4) is 0 Å². The predicted molar refractivity (Wildman–Crippen MR) is 84.7 cm³/mol. The van der Waals surface area contributed by atoms with E-state index < -0.39 is 0 Å². The highest BCUT2D eigenvalue weighted by molar-refractivity contribution is 5.74. The Morgan fingerprint density at radius 3 is 2.81 bits per heavy atom. The van der Waals surface area contributed by atoms with Gasteiger partial charge >= 0.3 is 0 Å². The van der Waals surface area contributed by atoms with Gasteiger partial charge in [-0.25, -0.2) is 4.98 Å². The topological polar surface area (TPSA) is 54.0 Å². The molecule has 1 aromatic heterocycles. The van der Waals surface area contributed by atoms with Gasteiger partial charge in [-0.1, -0.05) is 32.1 Å². The lowest BCUT2D eigenvalue weighted by Gasteiger charge is -2.35. The second-order valence-electron chi connectivity index (χ2n) is 6.63. The Balaban J connectivity index is 1.68. The first-order chi connectivity index (χ1) is 10.3. The van der Waals surface area contributed by atoms with E-state index in [9.17, 15) is 4.79 Å². The lowest BCUT2D eigenvalue weighted by atomic mass is 9.79. The molecule has 21 heavy (non-hydrogen) atoms. The van der Waals surface area contributed by atoms with Crippen LogP contribution in [0.1, 0.15) is 55.3 Å². The second kappa shape index (κ2) is 6.56. The number of rotatable bonds is 5. The molecule has 0 amide bonds. The van der Waals surface area contributed by atoms with Gasteiger partial charge in [0.05, 0.1) is 5.54 Å². The average molecular weight is 287 g/mol. The fourth-order valence-corrected chi connectivity index (χ4v) is 3.84. The molecule has 2 N–H and O–H groups in total. The van der Waals surface area contributed by atoms with Gasteiger partial charge in [-0.05, 0) is 37.4 Å². The van der Waals surface area contributed by atoms with Crippen molar-refractivity contribution in [2.75, 3.05) is 18.4 Å². The van der Waals surface area contributed by atoms with Gasteiger partial charge in [0.15, 0.2) is 6.29 Å². The van der Waals surface area contributed by atoms with Crippen molar-refractivity contribution in [2.24, 2.45) is 5.92 Å². The van der Waals surface area contributed by atoms with E-state index in [0.717, 1.165) is 37.5 Å². The third-order valence-corrected chi connectivity index (χ3v) is 4.96. The molecule has 2 heterocycles. The number of nitrogens with zero attached hydrogens (tertiary/aromatic N) is 1. The van der Waals surface area contributed by atoms with Crippen LogP contribution in [-0.2, 0) is 0 Å². The summed E-state index contributed by atoms with van der Waals surface area (Å²) in [5.41, 5.74) is 0.768. The van der Waals surface area contributed by atoms with E-state index in [-0.39, 0.29) is 5.54 Å². The Hall–Kier alpha value is -1.42. The summed E-state index contributed by atoms with van der Waals surface area (Å²) in [4.78, 5) is 15.1. The molecule has 0 aromatic carbocycles. The molecule has 0 radical (unpaired) electrons. The second-order valence-corrected chi connectivity index (χ2v) is 6.63. The largest absolute Gasteiger partial charge is 0.363 e. The number of carbonyl (C=O) groups excluding carboxylic acids is 1. The lowest BCUT2D eigenvalue weighted by molar-refractivity contribution is 0.112. The fourth-order valence-electron chi connectivity index (χ4n) is 3.84. The van der Waals surface area contributed by atoms with Crippen molar-refractivity contribution >= 4 is 12.1 Å². The number of carbonyl (C=O) groups is 1. The minimum atomic E-state index is 0.137. The van der Waals surface area contributed by atoms with Crippen LogP contribution in [0.15, 0.2) is 18.3 Å². The van der Waals surface area contributed by atoms with Crippen molar-refractivity contribution < 1.29 is 4.79 Å². The van der Waals surface area contributed by atoms with Crippen molar-refractivity contribution in [2.45, 2.75) is 50.5 Å². The molecular formula is C17H25N3O. The Kier molecular flexibility index (Phi) is 4.54. The van der Waals surface area contributed by atoms with Crippen LogP contribution in [-0.4, -0.2) is 29.9 Å². The summed E-state index contributed by atoms with van der Waals surface area (Å²) in [7, 11) is 0. The zero-order valence-corrected chi connectivity index (χ0v) is 12.6. The minimum Gasteiger partial charge on any atom is -0.363 e. The van der Waals surface area contributed by atoms with Crippen LogP contribution in [0.2, 0.25) is 0 Å². The Labute approximate surface area is 126 Å². The summed E-state index contributed by atoms with van der Waals surface area (Å²) in [6.07, 6.45) is 11.8. The van der Waals surface area contributed by atoms with Crippen molar-refractivity contribution in [3.05, 3.63) is 23.9 Å². The van der Waals surface area contributed by atoms with Gasteiger partial charge in [0.25, 0.3) is 0 Å². The average Bonchev–Trinajstić information content (AvgIpc) is 2.97. The Morgan fingerprint density at radius 1 is 1.33 bits per heavy atom. The monoisotopic (exact) mass is 287 g/mol. The Bertz CT molecular complexity index is 459. The molecule has 2 fully saturated rings. The number of anilines is 1. The summed E-state index contributed by atoms with van der Waals surface area (Å²) >= 11 is 0. The predicted octanol–water partition coefficient (Wildman–Crippen LogP) is 3.01. The number of nitrogens with one attached hydrogen (secondary N) is 2. The van der Waals surface area contributed by atoms with Crippen LogP contribution >= 0.6 is 0 Å². The zero-order chi connectivity index (χ0) is 14.5. The van der Waals surface area contributed by atoms with Crippen LogP contribution in [0, 0.1) is 5.92 Å². The summed E-state index contributed by atoms with van der Waals surface area (Å²) < 4.78 is 0. The molecule has 1 saturated carbocycles. The third-order valence-electron chi connectivity index (χ3n) is 4.96. The first-order valence-electron chi connectivity index (χ1n) is 8.20. The number of pyridine rings is 1. The maximum absolute atomic E-state index is 10.7. The number of hydrogen-bond acceptors (Lipinski definition) is 4. The summed E-state index contributed by atoms with van der Waals surface area (Å²) in [5.74, 6) is 1.74. The van der Waals surface area contributed by atoms with Gasteiger partial charge in [-0.2, -0.15) is 0 Å². The standard InChI is InChI=1S/C17H25N3O/c21-12-15-6-7-16(19-11-15)20-17(8-9-18-13-17)10-14-4-2-1-3-5-14/h6-7,11-12,14,18H,1-5,8-10,13H2,(H,19,20)/t17-/m0/s1. The third kappa shape index (κ3) is 3.62. The maximum Gasteiger partial charge on any atom is 0.151 e. The van der Waals surface area contributed by atoms with Crippen LogP contribution in [0.5, 0.6) is 0 Å². The smallest absolute Gasteiger partial charge is 0.151 e. The van der Waals surface area contributed by atoms with E-state index in [1.807, 2.05) is 12.1 Å². The molecule has 1 aromatic rings. The van der Waals surface area contributed by atoms with Gasteiger partial charge in [-0.15, -0.1) is 0 Å². The first-order valence-corrected chi connectivity index (χ1v) is 8.20. The van der Waals surface area contributed by atoms with Crippen LogP contribution in [0.4, 0.5) is 5.82 Å². The molecule has 3 rings (SSSR count). The van der Waals surface area contributed by atoms with E-state index in [0.29, 0.717) is 5.56 Å². The summed E-state index contributed by atoms with van der Waals surface area (Å²) in [6, 6.07) is 3.75. The van der Waals surface area contributed by atoms with Gasteiger partial charge in [0.1, 0.15) is 5.82 Å². The Morgan fingerprint density at radius 2 is 2.19 bits per heavy atom. The van der Waals surface area contributed by atoms with Crippen LogP contribution in [0.25, 0.3) is 0 Å². The first kappa shape index (κ1) is 14.5. The van der Waals surface area contributed by atoms with Gasteiger partial charge in [-0.3, -0.25) is 4.79 Å². The molecule has 1 aliphatic heterocycles. The van der Waals surface area contributed by atoms with E-state index in [4.69, 9.17) is 0 Å². The molecule has 1 saturated heterocycles. The molecule has 2 aliphatic rings. The maximum atomic E-state index is 10.7. The number of aldehydes is 1. The lowest BCUT2D eigenvalue weighted by Crippen LogP contribution is -2.42. The molecule has 0 unspecified atom stereocenters. The van der Waals surface area contributed by atoms with E-state index in [2.05, 4.69) is 15.6 Å². The van der Waals surface area contributed by atoms with E-state index in [1.165, 1.54) is 38.5 Å². The normalized spacial score (nSPS) is 26.7. The highest BCUT2D eigenvalue weighted by Gasteiger charge is 2.36. The molecule has 4 heteroatoms. The van der Waals surface area contributed by atoms with Crippen molar-refractivity contribution in [1.29, 1.82) is 0 Å². The highest BCUT2D eigenvalue weighted by atomic mass is 16.1. The number of aromatic nitrogens is 1. The number of hydrogen-bond donors (Lipinski definition) is 2. The van der Waals surface area contributed by atoms with E-state index >= 15 is 0 Å². The molecule has 4 nitrogen and oxygen atoms in total. The molecule has 114 valence electrons. The molecule has 1 aliphatic carbocycles. The van der Waals surface area contributed by atoms with Gasteiger partial charge in [0.2, 0.25) is 0 Å². The minimum absolute atomic E-state index is 0.137. The SMILES string of the molecule is O=Cc1ccc(N[C@]2(CC3CCCCC3)CCNC2)nc1. The molecule has 1 atom stereocenters. The molecule has 0 bridgehead atoms. The molecule has 0 spiro atoms. The highest BCUT2D eigenvalue weighted by Crippen LogP contribution is 2.35. The van der Waals surface area contributed by atoms with Gasteiger partial charge < -0.3 is 10.6 Å². The molecular weight excluding hydrogens is 262 g/mol. The van der Waals surface area contributed by atoms with Crippen LogP contribution in [0.3, 0.4) is 0 Å². The quantitative estimate of drug-likeness (QED) is 0.817. The van der Waals surface area contributed by atoms with E-state index in [1.54, 1.807) is 6.20 Å². The summed E-state index contributed by atoms with van der Waals surface area (Å²) in [6.45, 7) is 2.09. The van der Waals surface area contributed by atoms with Crippen molar-refractivity contribution in [3.63, 3.8) is 0 Å². The fraction of sp³-hybridized carbons (Fsp3) is 0.647. The van der Waals surface area contributed by atoms with Gasteiger partial charge in [0, 0.05) is 18.3 Å². The van der Waals surface area contributed by atoms with Crippen molar-refractivity contribution in [1.82, 2.24) is 10.3 Å².